The molecule has 0 unspecified atom stereocenters. The molecule has 2 aromatic carbocycles. The third kappa shape index (κ3) is 3.75. The van der Waals surface area contributed by atoms with Crippen molar-refractivity contribution in [3.63, 3.8) is 0 Å². The number of amides is 1. The average molecular weight is 389 g/mol. The fraction of sp³-hybridized carbons (Fsp3) is 0.381. The van der Waals surface area contributed by atoms with Crippen molar-refractivity contribution in [2.45, 2.75) is 31.8 Å². The highest BCUT2D eigenvalue weighted by atomic mass is 35.5. The van der Waals surface area contributed by atoms with E-state index in [-0.39, 0.29) is 5.91 Å². The van der Waals surface area contributed by atoms with Crippen LogP contribution in [0, 0.1) is 0 Å². The summed E-state index contributed by atoms with van der Waals surface area (Å²) in [5.74, 6) is 0.227. The van der Waals surface area contributed by atoms with Crippen molar-refractivity contribution in [3.8, 4) is 0 Å². The molecule has 2 aromatic rings. The maximum Gasteiger partial charge on any atom is 0.223 e. The summed E-state index contributed by atoms with van der Waals surface area (Å²) in [5.41, 5.74) is 3.96. The van der Waals surface area contributed by atoms with Crippen LogP contribution in [0.1, 0.15) is 23.1 Å². The summed E-state index contributed by atoms with van der Waals surface area (Å²) >= 11 is 12.0. The lowest BCUT2D eigenvalue weighted by Crippen LogP contribution is -2.61. The number of carbonyl (C=O) groups is 1. The van der Waals surface area contributed by atoms with E-state index in [9.17, 15) is 4.79 Å². The van der Waals surface area contributed by atoms with Crippen molar-refractivity contribution in [1.29, 1.82) is 0 Å². The summed E-state index contributed by atoms with van der Waals surface area (Å²) in [6.07, 6.45) is 2.33. The van der Waals surface area contributed by atoms with E-state index in [0.717, 1.165) is 38.2 Å². The normalized spacial score (nSPS) is 17.7. The number of rotatable bonds is 4. The number of hydrogen-bond acceptors (Lipinski definition) is 2. The first-order chi connectivity index (χ1) is 12.6. The van der Waals surface area contributed by atoms with Gasteiger partial charge in [-0.25, -0.2) is 0 Å². The smallest absolute Gasteiger partial charge is 0.223 e. The Bertz CT molecular complexity index is 817. The number of hydrogen-bond donors (Lipinski definition) is 0. The van der Waals surface area contributed by atoms with E-state index in [0.29, 0.717) is 28.9 Å². The van der Waals surface area contributed by atoms with Crippen molar-refractivity contribution in [2.75, 3.05) is 19.6 Å². The molecule has 2 aliphatic heterocycles. The van der Waals surface area contributed by atoms with Crippen molar-refractivity contribution in [3.05, 3.63) is 69.2 Å². The van der Waals surface area contributed by atoms with Crippen LogP contribution >= 0.6 is 23.2 Å². The molecule has 0 N–H and O–H groups in total. The minimum atomic E-state index is 0.227. The maximum atomic E-state index is 12.4. The first-order valence-corrected chi connectivity index (χ1v) is 9.88. The Kier molecular flexibility index (Phi) is 5.21. The van der Waals surface area contributed by atoms with Crippen LogP contribution in [0.5, 0.6) is 0 Å². The molecule has 2 aliphatic rings. The van der Waals surface area contributed by atoms with Crippen LogP contribution < -0.4 is 0 Å². The average Bonchev–Trinajstić information content (AvgIpc) is 2.61. The first kappa shape index (κ1) is 17.8. The first-order valence-electron chi connectivity index (χ1n) is 9.12. The SMILES string of the molecule is O=C(CCc1ccc(Cl)c(Cl)c1)N1CC(N2CCc3ccccc3C2)C1. The number of benzene rings is 2. The zero-order chi connectivity index (χ0) is 18.1. The van der Waals surface area contributed by atoms with E-state index in [1.165, 1.54) is 11.1 Å². The number of nitrogens with zero attached hydrogens (tertiary/aromatic N) is 2. The predicted octanol–water partition coefficient (Wildman–Crippen LogP) is 4.20. The van der Waals surface area contributed by atoms with E-state index >= 15 is 0 Å². The number of carbonyl (C=O) groups excluding carboxylic acids is 1. The number of halogens is 2. The van der Waals surface area contributed by atoms with Crippen LogP contribution in [-0.2, 0) is 24.2 Å². The molecule has 0 radical (unpaired) electrons. The van der Waals surface area contributed by atoms with Gasteiger partial charge < -0.3 is 4.90 Å². The zero-order valence-corrected chi connectivity index (χ0v) is 16.1. The Labute approximate surface area is 164 Å². The molecule has 1 saturated heterocycles. The van der Waals surface area contributed by atoms with Gasteiger partial charge in [0.15, 0.2) is 0 Å². The van der Waals surface area contributed by atoms with Crippen LogP contribution in [0.15, 0.2) is 42.5 Å². The van der Waals surface area contributed by atoms with Gasteiger partial charge in [0.25, 0.3) is 0 Å². The third-order valence-electron chi connectivity index (χ3n) is 5.50. The Morgan fingerprint density at radius 1 is 1.04 bits per heavy atom. The van der Waals surface area contributed by atoms with E-state index in [2.05, 4.69) is 29.2 Å². The summed E-state index contributed by atoms with van der Waals surface area (Å²) in [6.45, 7) is 3.80. The quantitative estimate of drug-likeness (QED) is 0.783. The fourth-order valence-corrected chi connectivity index (χ4v) is 4.14. The fourth-order valence-electron chi connectivity index (χ4n) is 3.82. The van der Waals surface area contributed by atoms with Gasteiger partial charge in [0, 0.05) is 38.6 Å². The second-order valence-corrected chi connectivity index (χ2v) is 8.00. The lowest BCUT2D eigenvalue weighted by atomic mass is 9.96. The van der Waals surface area contributed by atoms with Gasteiger partial charge in [-0.2, -0.15) is 0 Å². The maximum absolute atomic E-state index is 12.4. The number of fused-ring (bicyclic) bond motifs is 1. The van der Waals surface area contributed by atoms with E-state index < -0.39 is 0 Å². The van der Waals surface area contributed by atoms with Crippen LogP contribution in [0.4, 0.5) is 0 Å². The molecule has 0 bridgehead atoms. The summed E-state index contributed by atoms with van der Waals surface area (Å²) in [4.78, 5) is 16.9. The Balaban J connectivity index is 1.25. The predicted molar refractivity (Wildman–Crippen MR) is 106 cm³/mol. The second-order valence-electron chi connectivity index (χ2n) is 7.19. The molecular weight excluding hydrogens is 367 g/mol. The van der Waals surface area contributed by atoms with Crippen molar-refractivity contribution in [1.82, 2.24) is 9.80 Å². The molecule has 136 valence electrons. The van der Waals surface area contributed by atoms with Gasteiger partial charge in [-0.05, 0) is 41.7 Å². The van der Waals surface area contributed by atoms with E-state index in [4.69, 9.17) is 23.2 Å². The van der Waals surface area contributed by atoms with Crippen molar-refractivity contribution < 1.29 is 4.79 Å². The minimum Gasteiger partial charge on any atom is -0.339 e. The van der Waals surface area contributed by atoms with Crippen molar-refractivity contribution in [2.24, 2.45) is 0 Å². The molecule has 0 saturated carbocycles. The number of aryl methyl sites for hydroxylation is 1. The molecule has 0 spiro atoms. The number of likely N-dealkylation sites (tertiary alicyclic amines) is 1. The van der Waals surface area contributed by atoms with Gasteiger partial charge in [0.1, 0.15) is 0 Å². The molecule has 1 fully saturated rings. The van der Waals surface area contributed by atoms with Crippen molar-refractivity contribution >= 4 is 29.1 Å². The minimum absolute atomic E-state index is 0.227. The van der Waals surface area contributed by atoms with Crippen LogP contribution in [0.3, 0.4) is 0 Å². The third-order valence-corrected chi connectivity index (χ3v) is 6.24. The Morgan fingerprint density at radius 2 is 1.81 bits per heavy atom. The molecule has 5 heteroatoms. The topological polar surface area (TPSA) is 23.6 Å². The summed E-state index contributed by atoms with van der Waals surface area (Å²) in [6, 6.07) is 14.8. The largest absolute Gasteiger partial charge is 0.339 e. The highest BCUT2D eigenvalue weighted by Crippen LogP contribution is 2.26. The molecule has 0 atom stereocenters. The highest BCUT2D eigenvalue weighted by Gasteiger charge is 2.35. The monoisotopic (exact) mass is 388 g/mol. The lowest BCUT2D eigenvalue weighted by molar-refractivity contribution is -0.138. The van der Waals surface area contributed by atoms with Crippen LogP contribution in [0.25, 0.3) is 0 Å². The van der Waals surface area contributed by atoms with Gasteiger partial charge in [-0.1, -0.05) is 53.5 Å². The molecule has 26 heavy (non-hydrogen) atoms. The lowest BCUT2D eigenvalue weighted by Gasteiger charge is -2.47. The van der Waals surface area contributed by atoms with E-state index in [1.54, 1.807) is 6.07 Å². The van der Waals surface area contributed by atoms with Gasteiger partial charge >= 0.3 is 0 Å². The summed E-state index contributed by atoms with van der Waals surface area (Å²) in [7, 11) is 0. The summed E-state index contributed by atoms with van der Waals surface area (Å²) in [5, 5.41) is 1.10. The Morgan fingerprint density at radius 3 is 2.58 bits per heavy atom. The highest BCUT2D eigenvalue weighted by molar-refractivity contribution is 6.42. The standard InChI is InChI=1S/C21H22Cl2N2O/c22-19-7-5-15(11-20(19)23)6-8-21(26)25-13-18(14-25)24-10-9-16-3-1-2-4-17(16)12-24/h1-5,7,11,18H,6,8-10,12-14H2. The second kappa shape index (κ2) is 7.59. The van der Waals surface area contributed by atoms with Crippen LogP contribution in [-0.4, -0.2) is 41.4 Å². The molecular formula is C21H22Cl2N2O. The molecule has 4 rings (SSSR count). The molecule has 3 nitrogen and oxygen atoms in total. The van der Waals surface area contributed by atoms with Gasteiger partial charge in [0.2, 0.25) is 5.91 Å². The molecule has 1 amide bonds. The van der Waals surface area contributed by atoms with Gasteiger partial charge in [-0.15, -0.1) is 0 Å². The van der Waals surface area contributed by atoms with E-state index in [1.807, 2.05) is 17.0 Å². The molecule has 2 heterocycles. The van der Waals surface area contributed by atoms with Gasteiger partial charge in [-0.3, -0.25) is 9.69 Å². The summed E-state index contributed by atoms with van der Waals surface area (Å²) < 4.78 is 0. The Hall–Kier alpha value is -1.55. The molecule has 0 aromatic heterocycles. The molecule has 0 aliphatic carbocycles. The van der Waals surface area contributed by atoms with Crippen LogP contribution in [0.2, 0.25) is 10.0 Å². The van der Waals surface area contributed by atoms with Gasteiger partial charge in [0.05, 0.1) is 10.0 Å². The zero-order valence-electron chi connectivity index (χ0n) is 14.6.